The topological polar surface area (TPSA) is 89.8 Å². The zero-order valence-corrected chi connectivity index (χ0v) is 24.3. The molecule has 0 saturated heterocycles. The van der Waals surface area contributed by atoms with Crippen molar-refractivity contribution in [1.82, 2.24) is 5.32 Å². The minimum atomic E-state index is -0.357. The van der Waals surface area contributed by atoms with Crippen molar-refractivity contribution in [2.75, 3.05) is 6.54 Å². The van der Waals surface area contributed by atoms with E-state index in [4.69, 9.17) is 0 Å². The van der Waals surface area contributed by atoms with Gasteiger partial charge in [0.25, 0.3) is 0 Å². The molecule has 0 aliphatic heterocycles. The lowest BCUT2D eigenvalue weighted by atomic mass is 9.43. The molecule has 11 atom stereocenters. The lowest BCUT2D eigenvalue weighted by Crippen LogP contribution is -2.62. The first kappa shape index (κ1) is 29.3. The van der Waals surface area contributed by atoms with Gasteiger partial charge in [-0.15, -0.1) is 0 Å². The molecular formula is C32H57NO4. The van der Waals surface area contributed by atoms with Crippen LogP contribution in [0, 0.1) is 46.3 Å². The van der Waals surface area contributed by atoms with E-state index in [1.807, 2.05) is 0 Å². The van der Waals surface area contributed by atoms with Crippen molar-refractivity contribution in [2.24, 2.45) is 46.3 Å². The van der Waals surface area contributed by atoms with E-state index in [9.17, 15) is 20.1 Å². The third-order valence-electron chi connectivity index (χ3n) is 12.2. The summed E-state index contributed by atoms with van der Waals surface area (Å²) >= 11 is 0. The molecule has 0 aromatic rings. The van der Waals surface area contributed by atoms with Gasteiger partial charge >= 0.3 is 0 Å². The Balaban J connectivity index is 1.33. The lowest BCUT2D eigenvalue weighted by Gasteiger charge is -2.63. The van der Waals surface area contributed by atoms with Crippen molar-refractivity contribution in [1.29, 1.82) is 0 Å². The van der Waals surface area contributed by atoms with E-state index in [2.05, 4.69) is 33.0 Å². The number of carbonyl (C=O) groups excluding carboxylic acids is 1. The number of aliphatic hydroxyl groups is 3. The number of carbonyl (C=O) groups is 1. The van der Waals surface area contributed by atoms with Gasteiger partial charge in [-0.1, -0.05) is 59.8 Å². The molecule has 1 amide bonds. The van der Waals surface area contributed by atoms with Gasteiger partial charge in [0, 0.05) is 13.0 Å². The molecule has 4 N–H and O–H groups in total. The van der Waals surface area contributed by atoms with Gasteiger partial charge in [-0.05, 0) is 104 Å². The maximum absolute atomic E-state index is 12.5. The fraction of sp³-hybridized carbons (Fsp3) is 0.969. The highest BCUT2D eigenvalue weighted by Crippen LogP contribution is 2.68. The van der Waals surface area contributed by atoms with Crippen LogP contribution in [0.1, 0.15) is 124 Å². The smallest absolute Gasteiger partial charge is 0.220 e. The fourth-order valence-electron chi connectivity index (χ4n) is 9.91. The number of unbranched alkanes of at least 4 members (excludes halogenated alkanes) is 5. The van der Waals surface area contributed by atoms with E-state index in [-0.39, 0.29) is 41.0 Å². The summed E-state index contributed by atoms with van der Waals surface area (Å²) in [5, 5.41) is 36.6. The van der Waals surface area contributed by atoms with Crippen LogP contribution in [0.4, 0.5) is 0 Å². The van der Waals surface area contributed by atoms with Crippen molar-refractivity contribution in [2.45, 2.75) is 142 Å². The van der Waals surface area contributed by atoms with Crippen molar-refractivity contribution in [3.05, 3.63) is 0 Å². The number of hydrogen-bond acceptors (Lipinski definition) is 4. The van der Waals surface area contributed by atoms with E-state index in [0.29, 0.717) is 36.0 Å². The Hall–Kier alpha value is -0.650. The monoisotopic (exact) mass is 519 g/mol. The summed E-state index contributed by atoms with van der Waals surface area (Å²) in [6.07, 6.45) is 14.3. The maximum atomic E-state index is 12.5. The fourth-order valence-corrected chi connectivity index (χ4v) is 9.91. The van der Waals surface area contributed by atoms with Crippen molar-refractivity contribution in [3.8, 4) is 0 Å². The first-order valence-corrected chi connectivity index (χ1v) is 15.9. The summed E-state index contributed by atoms with van der Waals surface area (Å²) < 4.78 is 0. The van der Waals surface area contributed by atoms with Crippen LogP contribution in [0.15, 0.2) is 0 Å². The molecule has 4 aliphatic rings. The predicted molar refractivity (Wildman–Crippen MR) is 149 cm³/mol. The number of fused-ring (bicyclic) bond motifs is 5. The Morgan fingerprint density at radius 3 is 2.43 bits per heavy atom. The number of aliphatic hydroxyl groups excluding tert-OH is 3. The number of hydrogen-bond donors (Lipinski definition) is 4. The number of nitrogens with one attached hydrogen (secondary N) is 1. The zero-order chi connectivity index (χ0) is 26.8. The van der Waals surface area contributed by atoms with Gasteiger partial charge in [-0.2, -0.15) is 0 Å². The van der Waals surface area contributed by atoms with Crippen LogP contribution < -0.4 is 5.32 Å². The second kappa shape index (κ2) is 12.3. The van der Waals surface area contributed by atoms with Crippen LogP contribution in [0.25, 0.3) is 0 Å². The average Bonchev–Trinajstić information content (AvgIpc) is 3.22. The molecule has 0 heterocycles. The quantitative estimate of drug-likeness (QED) is 0.258. The molecule has 0 spiro atoms. The summed E-state index contributed by atoms with van der Waals surface area (Å²) in [7, 11) is 0. The molecule has 4 rings (SSSR count). The van der Waals surface area contributed by atoms with Gasteiger partial charge in [0.1, 0.15) is 0 Å². The van der Waals surface area contributed by atoms with Gasteiger partial charge < -0.3 is 20.6 Å². The summed E-state index contributed by atoms with van der Waals surface area (Å²) in [5.41, 5.74) is -0.0723. The SMILES string of the molecule is CCCCCCCCNC(=O)CC[C@@H](C)C1CC[C@H]2C3[C@H](O)CC4C[C@H](O)CCC4(C)[C@H]3C[C@H](O)C12C. The van der Waals surface area contributed by atoms with Crippen LogP contribution in [-0.4, -0.2) is 46.1 Å². The highest BCUT2D eigenvalue weighted by molar-refractivity contribution is 5.75. The van der Waals surface area contributed by atoms with Gasteiger partial charge in [0.2, 0.25) is 5.91 Å². The molecule has 0 aromatic carbocycles. The molecule has 4 fully saturated rings. The normalized spacial score (nSPS) is 44.0. The first-order valence-electron chi connectivity index (χ1n) is 15.9. The number of amides is 1. The Bertz CT molecular complexity index is 759. The minimum absolute atomic E-state index is 0.114. The molecule has 214 valence electrons. The Kier molecular flexibility index (Phi) is 9.71. The van der Waals surface area contributed by atoms with Gasteiger partial charge in [0.15, 0.2) is 0 Å². The van der Waals surface area contributed by atoms with E-state index >= 15 is 0 Å². The Morgan fingerprint density at radius 2 is 1.68 bits per heavy atom. The lowest BCUT2D eigenvalue weighted by molar-refractivity contribution is -0.207. The summed E-state index contributed by atoms with van der Waals surface area (Å²) in [6, 6.07) is 0. The standard InChI is InChI=1S/C32H57NO4/c1-5-6-7-8-9-10-17-33-29(37)14-11-21(2)24-12-13-25-30-26(20-28(36)32(24,25)4)31(3)16-15-23(34)18-22(31)19-27(30)35/h21-28,30,34-36H,5-20H2,1-4H3,(H,33,37)/t21-,22?,23-,24?,25+,26+,27-,28+,30?,31?,32?/m1/s1. The molecular weight excluding hydrogens is 462 g/mol. The van der Waals surface area contributed by atoms with Crippen molar-refractivity contribution < 1.29 is 20.1 Å². The maximum Gasteiger partial charge on any atom is 0.220 e. The van der Waals surface area contributed by atoms with E-state index < -0.39 is 0 Å². The molecule has 5 nitrogen and oxygen atoms in total. The van der Waals surface area contributed by atoms with Gasteiger partial charge in [-0.25, -0.2) is 0 Å². The van der Waals surface area contributed by atoms with Crippen LogP contribution >= 0.6 is 0 Å². The highest BCUT2D eigenvalue weighted by Gasteiger charge is 2.65. The Morgan fingerprint density at radius 1 is 0.946 bits per heavy atom. The summed E-state index contributed by atoms with van der Waals surface area (Å²) in [4.78, 5) is 12.5. The van der Waals surface area contributed by atoms with Crippen LogP contribution in [0.5, 0.6) is 0 Å². The molecule has 37 heavy (non-hydrogen) atoms. The van der Waals surface area contributed by atoms with E-state index in [1.165, 1.54) is 32.1 Å². The third kappa shape index (κ3) is 5.80. The molecule has 4 saturated carbocycles. The molecule has 0 radical (unpaired) electrons. The van der Waals surface area contributed by atoms with Crippen LogP contribution in [0.3, 0.4) is 0 Å². The first-order chi connectivity index (χ1) is 17.6. The van der Waals surface area contributed by atoms with Gasteiger partial charge in [0.05, 0.1) is 18.3 Å². The largest absolute Gasteiger partial charge is 0.393 e. The highest BCUT2D eigenvalue weighted by atomic mass is 16.3. The van der Waals surface area contributed by atoms with Crippen LogP contribution in [-0.2, 0) is 4.79 Å². The summed E-state index contributed by atoms with van der Waals surface area (Å²) in [6.45, 7) is 10.0. The average molecular weight is 520 g/mol. The van der Waals surface area contributed by atoms with Crippen LogP contribution in [0.2, 0.25) is 0 Å². The van der Waals surface area contributed by atoms with E-state index in [1.54, 1.807) is 0 Å². The molecule has 5 unspecified atom stereocenters. The van der Waals surface area contributed by atoms with Crippen molar-refractivity contribution >= 4 is 5.91 Å². The zero-order valence-electron chi connectivity index (χ0n) is 24.3. The van der Waals surface area contributed by atoms with E-state index in [0.717, 1.165) is 64.3 Å². The molecule has 0 aromatic heterocycles. The minimum Gasteiger partial charge on any atom is -0.393 e. The summed E-state index contributed by atoms with van der Waals surface area (Å²) in [5.74, 6) is 2.24. The molecule has 0 bridgehead atoms. The van der Waals surface area contributed by atoms with Crippen molar-refractivity contribution in [3.63, 3.8) is 0 Å². The Labute approximate surface area is 226 Å². The number of rotatable bonds is 11. The van der Waals surface area contributed by atoms with Gasteiger partial charge in [-0.3, -0.25) is 4.79 Å². The second-order valence-electron chi connectivity index (χ2n) is 14.2. The molecule has 4 aliphatic carbocycles. The third-order valence-corrected chi connectivity index (χ3v) is 12.2. The molecule has 5 heteroatoms. The second-order valence-corrected chi connectivity index (χ2v) is 14.2. The predicted octanol–water partition coefficient (Wildman–Crippen LogP) is 5.84.